The number of non-ortho nitro benzene ring substituents is 1. The second-order valence-corrected chi connectivity index (χ2v) is 7.59. The highest BCUT2D eigenvalue weighted by Gasteiger charge is 2.40. The Morgan fingerprint density at radius 2 is 1.81 bits per heavy atom. The van der Waals surface area contributed by atoms with E-state index in [4.69, 9.17) is 4.42 Å². The number of carbonyl (C=O) groups is 2. The molecule has 0 N–H and O–H groups in total. The minimum atomic E-state index is -0.528. The standard InChI is InChI=1S/C23H19N3O5/c1-14-19(22(27)25(16-4-2-3-5-16)23(28)20(14)13-24)12-18-10-11-21(31-18)15-6-8-17(9-7-15)26(29)30/h6-12,16H,2-5H2,1H3/b19-12+. The molecule has 2 heterocycles. The van der Waals surface area contributed by atoms with Gasteiger partial charge in [-0.05, 0) is 55.7 Å². The summed E-state index contributed by atoms with van der Waals surface area (Å²) in [6, 6.07) is 11.1. The maximum Gasteiger partial charge on any atom is 0.271 e. The number of imide groups is 1. The zero-order chi connectivity index (χ0) is 22.1. The number of hydrogen-bond acceptors (Lipinski definition) is 6. The SMILES string of the molecule is CC1=C(C#N)C(=O)N(C2CCCC2)C(=O)/C1=C/c1ccc(-c2ccc([N+](=O)[O-])cc2)o1. The average molecular weight is 417 g/mol. The van der Waals surface area contributed by atoms with Crippen molar-refractivity contribution >= 4 is 23.6 Å². The Kier molecular flexibility index (Phi) is 5.26. The topological polar surface area (TPSA) is 117 Å². The largest absolute Gasteiger partial charge is 0.457 e. The first kappa shape index (κ1) is 20.3. The summed E-state index contributed by atoms with van der Waals surface area (Å²) in [5.41, 5.74) is 1.19. The van der Waals surface area contributed by atoms with Gasteiger partial charge in [-0.1, -0.05) is 12.8 Å². The molecule has 0 saturated heterocycles. The molecule has 2 amide bonds. The van der Waals surface area contributed by atoms with Crippen LogP contribution in [-0.2, 0) is 9.59 Å². The monoisotopic (exact) mass is 417 g/mol. The molecule has 8 heteroatoms. The number of benzene rings is 1. The van der Waals surface area contributed by atoms with Crippen LogP contribution in [-0.4, -0.2) is 27.7 Å². The van der Waals surface area contributed by atoms with Crippen LogP contribution in [0.4, 0.5) is 5.69 Å². The molecule has 31 heavy (non-hydrogen) atoms. The number of nitro groups is 1. The lowest BCUT2D eigenvalue weighted by molar-refractivity contribution is -0.384. The highest BCUT2D eigenvalue weighted by Crippen LogP contribution is 2.34. The molecule has 156 valence electrons. The third-order valence-electron chi connectivity index (χ3n) is 5.74. The van der Waals surface area contributed by atoms with E-state index >= 15 is 0 Å². The Morgan fingerprint density at radius 3 is 2.42 bits per heavy atom. The molecule has 1 aliphatic heterocycles. The van der Waals surface area contributed by atoms with Crippen LogP contribution >= 0.6 is 0 Å². The normalized spacial score (nSPS) is 18.7. The molecular weight excluding hydrogens is 398 g/mol. The Labute approximate surface area is 178 Å². The fraction of sp³-hybridized carbons (Fsp3) is 0.261. The van der Waals surface area contributed by atoms with Gasteiger partial charge in [0.25, 0.3) is 17.5 Å². The number of furan rings is 1. The number of carbonyl (C=O) groups excluding carboxylic acids is 2. The molecule has 1 fully saturated rings. The van der Waals surface area contributed by atoms with Gasteiger partial charge >= 0.3 is 0 Å². The third-order valence-corrected chi connectivity index (χ3v) is 5.74. The smallest absolute Gasteiger partial charge is 0.271 e. The van der Waals surface area contributed by atoms with Crippen molar-refractivity contribution < 1.29 is 18.9 Å². The molecule has 1 aliphatic carbocycles. The van der Waals surface area contributed by atoms with Gasteiger partial charge in [0.1, 0.15) is 23.2 Å². The summed E-state index contributed by atoms with van der Waals surface area (Å²) in [7, 11) is 0. The van der Waals surface area contributed by atoms with Crippen LogP contribution in [0.2, 0.25) is 0 Å². The Bertz CT molecular complexity index is 1170. The molecule has 1 saturated carbocycles. The second kappa shape index (κ2) is 8.03. The van der Waals surface area contributed by atoms with Crippen molar-refractivity contribution in [2.75, 3.05) is 0 Å². The minimum absolute atomic E-state index is 0.0214. The van der Waals surface area contributed by atoms with Gasteiger partial charge in [0.15, 0.2) is 0 Å². The molecule has 0 radical (unpaired) electrons. The van der Waals surface area contributed by atoms with E-state index in [9.17, 15) is 25.0 Å². The van der Waals surface area contributed by atoms with Gasteiger partial charge in [0.05, 0.1) is 4.92 Å². The Hall–Kier alpha value is -3.99. The fourth-order valence-electron chi connectivity index (χ4n) is 4.07. The van der Waals surface area contributed by atoms with Gasteiger partial charge in [-0.15, -0.1) is 0 Å². The van der Waals surface area contributed by atoms with E-state index < -0.39 is 16.7 Å². The zero-order valence-electron chi connectivity index (χ0n) is 16.8. The van der Waals surface area contributed by atoms with Crippen molar-refractivity contribution in [3.63, 3.8) is 0 Å². The molecule has 0 bridgehead atoms. The van der Waals surface area contributed by atoms with Crippen LogP contribution in [0.25, 0.3) is 17.4 Å². The van der Waals surface area contributed by atoms with Crippen LogP contribution in [0.1, 0.15) is 38.4 Å². The summed E-state index contributed by atoms with van der Waals surface area (Å²) >= 11 is 0. The van der Waals surface area contributed by atoms with Crippen molar-refractivity contribution in [2.24, 2.45) is 0 Å². The van der Waals surface area contributed by atoms with E-state index in [1.807, 2.05) is 6.07 Å². The molecule has 0 spiro atoms. The predicted molar refractivity (Wildman–Crippen MR) is 111 cm³/mol. The van der Waals surface area contributed by atoms with Crippen LogP contribution in [0, 0.1) is 21.4 Å². The minimum Gasteiger partial charge on any atom is -0.457 e. The predicted octanol–water partition coefficient (Wildman–Crippen LogP) is 4.39. The van der Waals surface area contributed by atoms with Crippen molar-refractivity contribution in [2.45, 2.75) is 38.6 Å². The molecular formula is C23H19N3O5. The lowest BCUT2D eigenvalue weighted by Crippen LogP contribution is -2.47. The lowest BCUT2D eigenvalue weighted by Gasteiger charge is -2.31. The number of nitro benzene ring substituents is 1. The summed E-state index contributed by atoms with van der Waals surface area (Å²) < 4.78 is 5.82. The molecule has 4 rings (SSSR count). The van der Waals surface area contributed by atoms with Crippen molar-refractivity contribution in [3.8, 4) is 17.4 Å². The Morgan fingerprint density at radius 1 is 1.13 bits per heavy atom. The second-order valence-electron chi connectivity index (χ2n) is 7.59. The summed E-state index contributed by atoms with van der Waals surface area (Å²) in [6.45, 7) is 1.59. The first-order chi connectivity index (χ1) is 14.9. The van der Waals surface area contributed by atoms with E-state index in [1.54, 1.807) is 31.2 Å². The highest BCUT2D eigenvalue weighted by molar-refractivity contribution is 6.19. The number of rotatable bonds is 4. The van der Waals surface area contributed by atoms with Crippen LogP contribution < -0.4 is 0 Å². The summed E-state index contributed by atoms with van der Waals surface area (Å²) in [5, 5.41) is 20.3. The van der Waals surface area contributed by atoms with Gasteiger partial charge in [0, 0.05) is 29.3 Å². The number of hydrogen-bond donors (Lipinski definition) is 0. The van der Waals surface area contributed by atoms with Gasteiger partial charge in [0.2, 0.25) is 0 Å². The van der Waals surface area contributed by atoms with E-state index in [0.717, 1.165) is 25.7 Å². The molecule has 0 unspecified atom stereocenters. The molecule has 2 aliphatic rings. The van der Waals surface area contributed by atoms with E-state index in [1.165, 1.54) is 23.1 Å². The first-order valence-electron chi connectivity index (χ1n) is 9.96. The summed E-state index contributed by atoms with van der Waals surface area (Å²) in [6.07, 6.45) is 4.92. The summed E-state index contributed by atoms with van der Waals surface area (Å²) in [5.74, 6) is -0.0771. The van der Waals surface area contributed by atoms with Crippen molar-refractivity contribution in [1.82, 2.24) is 4.90 Å². The van der Waals surface area contributed by atoms with Crippen molar-refractivity contribution in [3.05, 3.63) is 69.0 Å². The first-order valence-corrected chi connectivity index (χ1v) is 9.96. The zero-order valence-corrected chi connectivity index (χ0v) is 16.8. The van der Waals surface area contributed by atoms with E-state index in [-0.39, 0.29) is 22.9 Å². The maximum atomic E-state index is 13.2. The summed E-state index contributed by atoms with van der Waals surface area (Å²) in [4.78, 5) is 37.5. The van der Waals surface area contributed by atoms with E-state index in [0.29, 0.717) is 22.7 Å². The van der Waals surface area contributed by atoms with Crippen LogP contribution in [0.3, 0.4) is 0 Å². The van der Waals surface area contributed by atoms with E-state index in [2.05, 4.69) is 0 Å². The van der Waals surface area contributed by atoms with Crippen LogP contribution in [0.5, 0.6) is 0 Å². The third kappa shape index (κ3) is 3.66. The van der Waals surface area contributed by atoms with Crippen molar-refractivity contribution in [1.29, 1.82) is 5.26 Å². The van der Waals surface area contributed by atoms with Gasteiger partial charge in [-0.3, -0.25) is 24.6 Å². The van der Waals surface area contributed by atoms with Gasteiger partial charge < -0.3 is 4.42 Å². The lowest BCUT2D eigenvalue weighted by atomic mass is 9.93. The number of amides is 2. The maximum absolute atomic E-state index is 13.2. The van der Waals surface area contributed by atoms with Crippen LogP contribution in [0.15, 0.2) is 57.5 Å². The molecule has 8 nitrogen and oxygen atoms in total. The highest BCUT2D eigenvalue weighted by atomic mass is 16.6. The van der Waals surface area contributed by atoms with Gasteiger partial charge in [-0.2, -0.15) is 5.26 Å². The molecule has 0 atom stereocenters. The fourth-order valence-corrected chi connectivity index (χ4v) is 4.07. The molecule has 1 aromatic carbocycles. The Balaban J connectivity index is 1.69. The molecule has 1 aromatic heterocycles. The molecule has 2 aromatic rings. The average Bonchev–Trinajstić information content (AvgIpc) is 3.44. The quantitative estimate of drug-likeness (QED) is 0.315. The number of nitriles is 1. The van der Waals surface area contributed by atoms with Gasteiger partial charge in [-0.25, -0.2) is 0 Å². The number of nitrogens with zero attached hydrogens (tertiary/aromatic N) is 3.